The van der Waals surface area contributed by atoms with Crippen LogP contribution in [0.5, 0.6) is 0 Å². The summed E-state index contributed by atoms with van der Waals surface area (Å²) in [5.74, 6) is -0.103. The lowest BCUT2D eigenvalue weighted by Crippen LogP contribution is -2.28. The summed E-state index contributed by atoms with van der Waals surface area (Å²) < 4.78 is 0. The lowest BCUT2D eigenvalue weighted by atomic mass is 10.0. The summed E-state index contributed by atoms with van der Waals surface area (Å²) in [7, 11) is 0. The molecule has 4 nitrogen and oxygen atoms in total. The van der Waals surface area contributed by atoms with E-state index < -0.39 is 0 Å². The molecule has 5 heteroatoms. The summed E-state index contributed by atoms with van der Waals surface area (Å²) in [6.45, 7) is 0. The summed E-state index contributed by atoms with van der Waals surface area (Å²) in [6.07, 6.45) is 1.63. The normalized spacial score (nSPS) is 12.2. The highest BCUT2D eigenvalue weighted by atomic mass is 32.1. The molecule has 0 aliphatic heterocycles. The largest absolute Gasteiger partial charge is 0.345 e. The number of amides is 1. The molecule has 0 aliphatic carbocycles. The zero-order chi connectivity index (χ0) is 16.4. The zero-order valence-corrected chi connectivity index (χ0v) is 13.6. The number of aromatic nitrogens is 2. The molecule has 1 atom stereocenters. The van der Waals surface area contributed by atoms with Crippen molar-refractivity contribution >= 4 is 28.3 Å². The molecule has 1 amide bonds. The van der Waals surface area contributed by atoms with Gasteiger partial charge in [0.15, 0.2) is 0 Å². The van der Waals surface area contributed by atoms with Gasteiger partial charge in [0.05, 0.1) is 23.4 Å². The number of rotatable bonds is 4. The molecule has 4 rings (SSSR count). The topological polar surface area (TPSA) is 57.8 Å². The molecule has 0 aliphatic rings. The zero-order valence-electron chi connectivity index (χ0n) is 12.8. The van der Waals surface area contributed by atoms with Crippen molar-refractivity contribution in [1.82, 2.24) is 15.3 Å². The quantitative estimate of drug-likeness (QED) is 0.589. The minimum atomic E-state index is -0.156. The van der Waals surface area contributed by atoms with Gasteiger partial charge in [0.1, 0.15) is 0 Å². The number of nitrogens with one attached hydrogen (secondary N) is 2. The maximum Gasteiger partial charge on any atom is 0.252 e. The lowest BCUT2D eigenvalue weighted by molar-refractivity contribution is 0.0943. The summed E-state index contributed by atoms with van der Waals surface area (Å²) in [5.41, 5.74) is 3.39. The molecule has 0 radical (unpaired) electrons. The number of nitrogens with zero attached hydrogens (tertiary/aromatic N) is 1. The van der Waals surface area contributed by atoms with E-state index in [-0.39, 0.29) is 11.9 Å². The van der Waals surface area contributed by atoms with Crippen molar-refractivity contribution in [1.29, 1.82) is 0 Å². The number of imidazole rings is 1. The average molecular weight is 333 g/mol. The van der Waals surface area contributed by atoms with Crippen molar-refractivity contribution in [2.24, 2.45) is 0 Å². The van der Waals surface area contributed by atoms with Crippen molar-refractivity contribution in [2.75, 3.05) is 0 Å². The molecule has 2 N–H and O–H groups in total. The maximum absolute atomic E-state index is 12.7. The minimum absolute atomic E-state index is 0.103. The van der Waals surface area contributed by atoms with Gasteiger partial charge in [0.25, 0.3) is 5.91 Å². The van der Waals surface area contributed by atoms with E-state index in [2.05, 4.69) is 15.3 Å². The fraction of sp³-hybridized carbons (Fsp3) is 0.0526. The standard InChI is InChI=1S/C19H15N3OS/c23-19(14-8-9-15-16(11-14)21-12-20-15)22-18(17-7-4-10-24-17)13-5-2-1-3-6-13/h1-12,18H,(H,20,21)(H,22,23). The van der Waals surface area contributed by atoms with E-state index in [4.69, 9.17) is 0 Å². The second kappa shape index (κ2) is 6.29. The molecule has 1 unspecified atom stereocenters. The van der Waals surface area contributed by atoms with Crippen LogP contribution in [0.25, 0.3) is 11.0 Å². The van der Waals surface area contributed by atoms with Gasteiger partial charge in [0.2, 0.25) is 0 Å². The third-order valence-corrected chi connectivity index (χ3v) is 4.86. The van der Waals surface area contributed by atoms with E-state index in [0.717, 1.165) is 21.5 Å². The molecule has 2 aromatic heterocycles. The molecular formula is C19H15N3OS. The first kappa shape index (κ1) is 14.7. The number of aromatic amines is 1. The number of benzene rings is 2. The van der Waals surface area contributed by atoms with Crippen LogP contribution in [0.4, 0.5) is 0 Å². The van der Waals surface area contributed by atoms with Gasteiger partial charge in [-0.05, 0) is 35.2 Å². The molecular weight excluding hydrogens is 318 g/mol. The van der Waals surface area contributed by atoms with Gasteiger partial charge in [-0.25, -0.2) is 4.98 Å². The number of H-pyrrole nitrogens is 1. The van der Waals surface area contributed by atoms with Crippen LogP contribution in [-0.2, 0) is 0 Å². The third kappa shape index (κ3) is 2.81. The Hall–Kier alpha value is -2.92. The average Bonchev–Trinajstić information content (AvgIpc) is 3.31. The molecule has 118 valence electrons. The first-order valence-electron chi connectivity index (χ1n) is 7.63. The van der Waals surface area contributed by atoms with Gasteiger partial charge in [-0.3, -0.25) is 4.79 Å². The van der Waals surface area contributed by atoms with Gasteiger partial charge < -0.3 is 10.3 Å². The van der Waals surface area contributed by atoms with E-state index in [1.54, 1.807) is 23.7 Å². The van der Waals surface area contributed by atoms with Crippen LogP contribution in [0.3, 0.4) is 0 Å². The monoisotopic (exact) mass is 333 g/mol. The SMILES string of the molecule is O=C(NC(c1ccccc1)c1cccs1)c1ccc2nc[nH]c2c1. The van der Waals surface area contributed by atoms with Gasteiger partial charge in [-0.1, -0.05) is 36.4 Å². The number of hydrogen-bond acceptors (Lipinski definition) is 3. The van der Waals surface area contributed by atoms with Crippen LogP contribution in [0.2, 0.25) is 0 Å². The summed E-state index contributed by atoms with van der Waals surface area (Å²) >= 11 is 1.64. The molecule has 0 fully saturated rings. The molecule has 24 heavy (non-hydrogen) atoms. The summed E-state index contributed by atoms with van der Waals surface area (Å²) in [6, 6.07) is 19.4. The molecule has 0 spiro atoms. The highest BCUT2D eigenvalue weighted by molar-refractivity contribution is 7.10. The van der Waals surface area contributed by atoms with Gasteiger partial charge in [-0.2, -0.15) is 0 Å². The second-order valence-electron chi connectivity index (χ2n) is 5.47. The summed E-state index contributed by atoms with van der Waals surface area (Å²) in [4.78, 5) is 21.1. The van der Waals surface area contributed by atoms with Crippen LogP contribution in [0.1, 0.15) is 26.8 Å². The first-order chi connectivity index (χ1) is 11.8. The Labute approximate surface area is 143 Å². The number of hydrogen-bond donors (Lipinski definition) is 2. The van der Waals surface area contributed by atoms with Gasteiger partial charge in [-0.15, -0.1) is 11.3 Å². The molecule has 0 saturated carbocycles. The smallest absolute Gasteiger partial charge is 0.252 e. The molecule has 2 heterocycles. The second-order valence-corrected chi connectivity index (χ2v) is 6.45. The van der Waals surface area contributed by atoms with Crippen LogP contribution < -0.4 is 5.32 Å². The van der Waals surface area contributed by atoms with Crippen LogP contribution in [0.15, 0.2) is 72.4 Å². The van der Waals surface area contributed by atoms with Crippen LogP contribution in [-0.4, -0.2) is 15.9 Å². The van der Waals surface area contributed by atoms with Crippen molar-refractivity contribution in [3.63, 3.8) is 0 Å². The minimum Gasteiger partial charge on any atom is -0.345 e. The fourth-order valence-corrected chi connectivity index (χ4v) is 3.51. The highest BCUT2D eigenvalue weighted by Crippen LogP contribution is 2.26. The van der Waals surface area contributed by atoms with E-state index in [1.807, 2.05) is 60.0 Å². The number of fused-ring (bicyclic) bond motifs is 1. The van der Waals surface area contributed by atoms with E-state index >= 15 is 0 Å². The lowest BCUT2D eigenvalue weighted by Gasteiger charge is -2.18. The highest BCUT2D eigenvalue weighted by Gasteiger charge is 2.18. The summed E-state index contributed by atoms with van der Waals surface area (Å²) in [5, 5.41) is 5.17. The van der Waals surface area contributed by atoms with Gasteiger partial charge >= 0.3 is 0 Å². The molecule has 4 aromatic rings. The Kier molecular flexibility index (Phi) is 3.84. The Morgan fingerprint density at radius 3 is 2.75 bits per heavy atom. The van der Waals surface area contributed by atoms with Crippen LogP contribution in [0, 0.1) is 0 Å². The van der Waals surface area contributed by atoms with Crippen molar-refractivity contribution in [2.45, 2.75) is 6.04 Å². The fourth-order valence-electron chi connectivity index (χ4n) is 2.71. The Morgan fingerprint density at radius 2 is 1.96 bits per heavy atom. The third-order valence-electron chi connectivity index (χ3n) is 3.92. The Morgan fingerprint density at radius 1 is 1.08 bits per heavy atom. The van der Waals surface area contributed by atoms with Crippen molar-refractivity contribution < 1.29 is 4.79 Å². The molecule has 2 aromatic carbocycles. The maximum atomic E-state index is 12.7. The number of carbonyl (C=O) groups excluding carboxylic acids is 1. The van der Waals surface area contributed by atoms with Crippen LogP contribution >= 0.6 is 11.3 Å². The number of thiophene rings is 1. The first-order valence-corrected chi connectivity index (χ1v) is 8.51. The molecule has 0 saturated heterocycles. The van der Waals surface area contributed by atoms with E-state index in [1.165, 1.54) is 0 Å². The van der Waals surface area contributed by atoms with Crippen molar-refractivity contribution in [3.8, 4) is 0 Å². The molecule has 0 bridgehead atoms. The van der Waals surface area contributed by atoms with E-state index in [0.29, 0.717) is 5.56 Å². The predicted molar refractivity (Wildman–Crippen MR) is 96.2 cm³/mol. The van der Waals surface area contributed by atoms with E-state index in [9.17, 15) is 4.79 Å². The predicted octanol–water partition coefficient (Wildman–Crippen LogP) is 4.14. The Bertz CT molecular complexity index is 961. The Balaban J connectivity index is 1.65. The van der Waals surface area contributed by atoms with Crippen molar-refractivity contribution in [3.05, 3.63) is 88.4 Å². The number of carbonyl (C=O) groups is 1. The van der Waals surface area contributed by atoms with Gasteiger partial charge in [0, 0.05) is 10.4 Å².